The van der Waals surface area contributed by atoms with Gasteiger partial charge < -0.3 is 65.9 Å². The molecule has 14 heteroatoms. The Morgan fingerprint density at radius 3 is 2.10 bits per heavy atom. The number of ether oxygens (including phenoxy) is 3. The van der Waals surface area contributed by atoms with Gasteiger partial charge in [0.1, 0.15) is 48.8 Å². The van der Waals surface area contributed by atoms with Crippen LogP contribution in [0.3, 0.4) is 0 Å². The highest BCUT2D eigenvalue weighted by atomic mass is 16.7. The van der Waals surface area contributed by atoms with Crippen molar-refractivity contribution < 1.29 is 54.8 Å². The lowest BCUT2D eigenvalue weighted by Crippen LogP contribution is -2.65. The molecule has 2 fully saturated rings. The van der Waals surface area contributed by atoms with Crippen molar-refractivity contribution in [2.45, 2.75) is 113 Å². The molecule has 0 unspecified atom stereocenters. The number of aliphatic hydroxyl groups excluding tert-OH is 7. The molecule has 10 N–H and O–H groups in total. The van der Waals surface area contributed by atoms with E-state index in [-0.39, 0.29) is 0 Å². The SMILES string of the molecule is CCCCCCCCCNC(=O)Nc1ccccc1N[C@@H]1O[C@H](CO)[C@@H](O[C@H]2O[C@H](CO)[C@@H](O)[C@H](O)[C@H]2O)[C@H](O)[C@H]1O. The van der Waals surface area contributed by atoms with E-state index in [0.29, 0.717) is 17.9 Å². The van der Waals surface area contributed by atoms with Crippen molar-refractivity contribution >= 4 is 17.4 Å². The van der Waals surface area contributed by atoms with Crippen molar-refractivity contribution in [3.8, 4) is 0 Å². The summed E-state index contributed by atoms with van der Waals surface area (Å²) in [5, 5.41) is 79.9. The van der Waals surface area contributed by atoms with Crippen molar-refractivity contribution in [1.82, 2.24) is 5.32 Å². The maximum Gasteiger partial charge on any atom is 0.319 e. The number of hydrogen-bond donors (Lipinski definition) is 10. The molecule has 0 aliphatic carbocycles. The van der Waals surface area contributed by atoms with E-state index in [4.69, 9.17) is 14.2 Å². The number of carbonyl (C=O) groups excluding carboxylic acids is 1. The molecule has 0 bridgehead atoms. The van der Waals surface area contributed by atoms with Crippen LogP contribution < -0.4 is 16.0 Å². The first-order chi connectivity index (χ1) is 20.2. The Bertz CT molecular complexity index is 940. The van der Waals surface area contributed by atoms with Crippen molar-refractivity contribution in [3.63, 3.8) is 0 Å². The molecule has 0 aromatic heterocycles. The fraction of sp³-hybridized carbons (Fsp3) is 0.750. The van der Waals surface area contributed by atoms with Crippen molar-refractivity contribution in [3.05, 3.63) is 24.3 Å². The van der Waals surface area contributed by atoms with E-state index < -0.39 is 80.6 Å². The number of unbranched alkanes of at least 4 members (excludes halogenated alkanes) is 6. The molecule has 0 radical (unpaired) electrons. The van der Waals surface area contributed by atoms with Crippen LogP contribution in [-0.4, -0.2) is 123 Å². The van der Waals surface area contributed by atoms with Crippen molar-refractivity contribution in [2.75, 3.05) is 30.4 Å². The Morgan fingerprint density at radius 2 is 1.43 bits per heavy atom. The van der Waals surface area contributed by atoms with E-state index in [9.17, 15) is 40.5 Å². The third-order valence-electron chi connectivity index (χ3n) is 7.54. The maximum atomic E-state index is 12.5. The van der Waals surface area contributed by atoms with Crippen LogP contribution in [0.5, 0.6) is 0 Å². The number of rotatable bonds is 15. The Hall–Kier alpha value is -2.11. The van der Waals surface area contributed by atoms with Crippen LogP contribution in [0.1, 0.15) is 51.9 Å². The number of para-hydroxylation sites is 2. The Balaban J connectivity index is 1.56. The van der Waals surface area contributed by atoms with E-state index in [1.807, 2.05) is 0 Å². The number of carbonyl (C=O) groups is 1. The predicted molar refractivity (Wildman–Crippen MR) is 151 cm³/mol. The number of anilines is 2. The third-order valence-corrected chi connectivity index (χ3v) is 7.54. The summed E-state index contributed by atoms with van der Waals surface area (Å²) >= 11 is 0. The molecule has 14 nitrogen and oxygen atoms in total. The van der Waals surface area contributed by atoms with Crippen LogP contribution in [-0.2, 0) is 14.2 Å². The zero-order valence-corrected chi connectivity index (χ0v) is 23.9. The smallest absolute Gasteiger partial charge is 0.319 e. The van der Waals surface area contributed by atoms with Gasteiger partial charge in [0.2, 0.25) is 0 Å². The summed E-state index contributed by atoms with van der Waals surface area (Å²) in [6.07, 6.45) is -7.19. The van der Waals surface area contributed by atoms with Gasteiger partial charge in [-0.3, -0.25) is 0 Å². The Morgan fingerprint density at radius 1 is 0.786 bits per heavy atom. The van der Waals surface area contributed by atoms with Crippen LogP contribution in [0.25, 0.3) is 0 Å². The molecule has 1 aromatic rings. The minimum Gasteiger partial charge on any atom is -0.394 e. The molecule has 240 valence electrons. The average molecular weight is 602 g/mol. The predicted octanol–water partition coefficient (Wildman–Crippen LogP) is -0.405. The number of aliphatic hydroxyl groups is 7. The maximum absolute atomic E-state index is 12.5. The van der Waals surface area contributed by atoms with Gasteiger partial charge in [-0.25, -0.2) is 4.79 Å². The van der Waals surface area contributed by atoms with E-state index in [2.05, 4.69) is 22.9 Å². The number of benzene rings is 1. The zero-order chi connectivity index (χ0) is 30.6. The first-order valence-corrected chi connectivity index (χ1v) is 14.7. The zero-order valence-electron chi connectivity index (χ0n) is 23.9. The van der Waals surface area contributed by atoms with Gasteiger partial charge in [0.05, 0.1) is 24.6 Å². The molecule has 42 heavy (non-hydrogen) atoms. The Kier molecular flexibility index (Phi) is 14.1. The van der Waals surface area contributed by atoms with Crippen molar-refractivity contribution in [1.29, 1.82) is 0 Å². The highest BCUT2D eigenvalue weighted by Crippen LogP contribution is 2.31. The highest BCUT2D eigenvalue weighted by Gasteiger charge is 2.50. The molecule has 2 aliphatic rings. The molecule has 2 amide bonds. The van der Waals surface area contributed by atoms with E-state index in [0.717, 1.165) is 19.3 Å². The topological polar surface area (TPSA) is 222 Å². The van der Waals surface area contributed by atoms with Crippen LogP contribution >= 0.6 is 0 Å². The Labute approximate surface area is 245 Å². The molecule has 0 saturated carbocycles. The number of urea groups is 1. The number of amides is 2. The first-order valence-electron chi connectivity index (χ1n) is 14.7. The molecule has 2 heterocycles. The second-order valence-corrected chi connectivity index (χ2v) is 10.7. The van der Waals surface area contributed by atoms with Crippen LogP contribution in [0.2, 0.25) is 0 Å². The molecule has 2 saturated heterocycles. The lowest BCUT2D eigenvalue weighted by atomic mass is 9.96. The van der Waals surface area contributed by atoms with Crippen LogP contribution in [0.4, 0.5) is 16.2 Å². The number of nitrogens with one attached hydrogen (secondary N) is 3. The van der Waals surface area contributed by atoms with Gasteiger partial charge in [-0.1, -0.05) is 57.6 Å². The summed E-state index contributed by atoms with van der Waals surface area (Å²) in [6.45, 7) is 1.36. The molecule has 10 atom stereocenters. The minimum absolute atomic E-state index is 0.379. The van der Waals surface area contributed by atoms with Crippen LogP contribution in [0, 0.1) is 0 Å². The summed E-state index contributed by atoms with van der Waals surface area (Å²) in [7, 11) is 0. The third kappa shape index (κ3) is 9.19. The summed E-state index contributed by atoms with van der Waals surface area (Å²) in [5.74, 6) is 0. The molecule has 1 aromatic carbocycles. The summed E-state index contributed by atoms with van der Waals surface area (Å²) in [5.41, 5.74) is 0.768. The molecule has 0 spiro atoms. The van der Waals surface area contributed by atoms with Gasteiger partial charge in [0.15, 0.2) is 12.5 Å². The van der Waals surface area contributed by atoms with Gasteiger partial charge in [-0.2, -0.15) is 0 Å². The van der Waals surface area contributed by atoms with Gasteiger partial charge in [0, 0.05) is 6.54 Å². The molecular formula is C28H47N3O11. The largest absolute Gasteiger partial charge is 0.394 e. The van der Waals surface area contributed by atoms with Crippen molar-refractivity contribution in [2.24, 2.45) is 0 Å². The summed E-state index contributed by atoms with van der Waals surface area (Å²) in [6, 6.07) is 6.30. The quantitative estimate of drug-likeness (QED) is 0.116. The van der Waals surface area contributed by atoms with Gasteiger partial charge in [0.25, 0.3) is 0 Å². The lowest BCUT2D eigenvalue weighted by Gasteiger charge is -2.46. The molecule has 3 rings (SSSR count). The molecular weight excluding hydrogens is 554 g/mol. The minimum atomic E-state index is -1.75. The average Bonchev–Trinajstić information content (AvgIpc) is 2.99. The summed E-state index contributed by atoms with van der Waals surface area (Å²) < 4.78 is 16.7. The monoisotopic (exact) mass is 601 g/mol. The van der Waals surface area contributed by atoms with E-state index in [1.54, 1.807) is 24.3 Å². The fourth-order valence-corrected chi connectivity index (χ4v) is 5.03. The first kappa shape index (κ1) is 34.4. The fourth-order valence-electron chi connectivity index (χ4n) is 5.03. The number of hydrogen-bond acceptors (Lipinski definition) is 12. The van der Waals surface area contributed by atoms with Gasteiger partial charge in [-0.15, -0.1) is 0 Å². The summed E-state index contributed by atoms with van der Waals surface area (Å²) in [4.78, 5) is 12.5. The molecule has 2 aliphatic heterocycles. The standard InChI is InChI=1S/C28H47N3O11/c1-2-3-4-5-6-7-10-13-29-28(39)31-17-12-9-8-11-16(17)30-26-23(37)22(36)25(19(15-33)40-26)42-27-24(38)21(35)20(34)18(14-32)41-27/h8-9,11-12,18-27,30,32-38H,2-7,10,13-15H2,1H3,(H2,29,31,39)/t18-,19-,20-,21+,22-,23-,24-,25-,26-,27-/m1/s1. The van der Waals surface area contributed by atoms with Crippen LogP contribution in [0.15, 0.2) is 24.3 Å². The highest BCUT2D eigenvalue weighted by molar-refractivity contribution is 5.93. The van der Waals surface area contributed by atoms with Gasteiger partial charge >= 0.3 is 6.03 Å². The second-order valence-electron chi connectivity index (χ2n) is 10.7. The van der Waals surface area contributed by atoms with E-state index in [1.165, 1.54) is 25.7 Å². The lowest BCUT2D eigenvalue weighted by molar-refractivity contribution is -0.340. The van der Waals surface area contributed by atoms with Gasteiger partial charge in [-0.05, 0) is 18.6 Å². The normalized spacial score (nSPS) is 33.2. The second kappa shape index (κ2) is 17.3. The van der Waals surface area contributed by atoms with E-state index >= 15 is 0 Å².